The molecule has 0 N–H and O–H groups in total. The lowest BCUT2D eigenvalue weighted by Gasteiger charge is -2.14. The van der Waals surface area contributed by atoms with E-state index in [4.69, 9.17) is 27.6 Å². The highest BCUT2D eigenvalue weighted by Gasteiger charge is 2.35. The van der Waals surface area contributed by atoms with Crippen LogP contribution in [0, 0.1) is 0 Å². The molecule has 32 heavy (non-hydrogen) atoms. The first-order valence-electron chi connectivity index (χ1n) is 9.77. The van der Waals surface area contributed by atoms with Gasteiger partial charge in [0.05, 0.1) is 16.5 Å². The first-order chi connectivity index (χ1) is 15.5. The number of hydrogen-bond acceptors (Lipinski definition) is 4. The largest absolute Gasteiger partial charge is 0.457 e. The van der Waals surface area contributed by atoms with Crippen molar-refractivity contribution in [3.05, 3.63) is 99.1 Å². The Kier molecular flexibility index (Phi) is 5.55. The van der Waals surface area contributed by atoms with Crippen LogP contribution in [0.5, 0.6) is 0 Å². The quantitative estimate of drug-likeness (QED) is 0.282. The van der Waals surface area contributed by atoms with Crippen LogP contribution in [0.25, 0.3) is 28.2 Å². The van der Waals surface area contributed by atoms with Gasteiger partial charge in [-0.2, -0.15) is 0 Å². The molecule has 0 spiro atoms. The van der Waals surface area contributed by atoms with E-state index in [9.17, 15) is 9.59 Å². The molecule has 0 aliphatic carbocycles. The Hall–Kier alpha value is -2.99. The molecule has 4 aromatic rings. The molecule has 1 fully saturated rings. The van der Waals surface area contributed by atoms with Gasteiger partial charge in [0.1, 0.15) is 11.5 Å². The topological polar surface area (TPSA) is 50.5 Å². The monoisotopic (exact) mass is 479 g/mol. The summed E-state index contributed by atoms with van der Waals surface area (Å²) in [7, 11) is 0. The second-order valence-corrected chi connectivity index (χ2v) is 9.07. The lowest BCUT2D eigenvalue weighted by Crippen LogP contribution is -2.27. The Morgan fingerprint density at radius 1 is 0.938 bits per heavy atom. The van der Waals surface area contributed by atoms with Gasteiger partial charge >= 0.3 is 0 Å². The SMILES string of the molecule is O=C1S/C(=C\c2ccc(-c3ccc(Cl)cc3Cl)o2)C(=O)N1Cc1cccc2ccccc12. The number of amides is 2. The first kappa shape index (κ1) is 20.9. The lowest BCUT2D eigenvalue weighted by molar-refractivity contribution is -0.123. The fraction of sp³-hybridized carbons (Fsp3) is 0.0400. The average Bonchev–Trinajstić information content (AvgIpc) is 3.34. The van der Waals surface area contributed by atoms with Gasteiger partial charge in [-0.1, -0.05) is 65.7 Å². The van der Waals surface area contributed by atoms with Crippen molar-refractivity contribution in [1.82, 2.24) is 4.90 Å². The molecule has 2 heterocycles. The number of furan rings is 1. The molecule has 0 unspecified atom stereocenters. The predicted molar refractivity (Wildman–Crippen MR) is 130 cm³/mol. The van der Waals surface area contributed by atoms with Crippen molar-refractivity contribution >= 4 is 63.0 Å². The zero-order valence-electron chi connectivity index (χ0n) is 16.5. The molecule has 1 aliphatic rings. The summed E-state index contributed by atoms with van der Waals surface area (Å²) in [5.41, 5.74) is 1.61. The summed E-state index contributed by atoms with van der Waals surface area (Å²) >= 11 is 13.1. The van der Waals surface area contributed by atoms with Crippen LogP contribution in [0.1, 0.15) is 11.3 Å². The molecule has 1 saturated heterocycles. The number of nitrogens with zero attached hydrogens (tertiary/aromatic N) is 1. The van der Waals surface area contributed by atoms with Crippen LogP contribution in [0.2, 0.25) is 10.0 Å². The lowest BCUT2D eigenvalue weighted by atomic mass is 10.0. The molecule has 0 saturated carbocycles. The highest BCUT2D eigenvalue weighted by Crippen LogP contribution is 2.36. The molecular formula is C25H15Cl2NO3S. The van der Waals surface area contributed by atoms with Gasteiger partial charge in [-0.25, -0.2) is 0 Å². The van der Waals surface area contributed by atoms with E-state index in [-0.39, 0.29) is 17.7 Å². The summed E-state index contributed by atoms with van der Waals surface area (Å²) in [6, 6.07) is 22.4. The van der Waals surface area contributed by atoms with E-state index in [0.29, 0.717) is 32.0 Å². The molecule has 0 bridgehead atoms. The van der Waals surface area contributed by atoms with Crippen LogP contribution < -0.4 is 0 Å². The van der Waals surface area contributed by atoms with Crippen molar-refractivity contribution in [3.63, 3.8) is 0 Å². The van der Waals surface area contributed by atoms with Gasteiger partial charge in [-0.05, 0) is 58.4 Å². The van der Waals surface area contributed by atoms with E-state index in [1.807, 2.05) is 42.5 Å². The Balaban J connectivity index is 1.40. The fourth-order valence-corrected chi connectivity index (χ4v) is 4.95. The summed E-state index contributed by atoms with van der Waals surface area (Å²) in [5.74, 6) is 0.671. The van der Waals surface area contributed by atoms with Gasteiger partial charge in [0.25, 0.3) is 11.1 Å². The molecule has 4 nitrogen and oxygen atoms in total. The summed E-state index contributed by atoms with van der Waals surface area (Å²) < 4.78 is 5.85. The molecule has 0 atom stereocenters. The normalized spacial score (nSPS) is 15.3. The third-order valence-electron chi connectivity index (χ3n) is 5.18. The van der Waals surface area contributed by atoms with E-state index in [1.165, 1.54) is 4.90 Å². The number of hydrogen-bond donors (Lipinski definition) is 0. The third kappa shape index (κ3) is 3.95. The Morgan fingerprint density at radius 3 is 2.59 bits per heavy atom. The zero-order chi connectivity index (χ0) is 22.2. The first-order valence-corrected chi connectivity index (χ1v) is 11.3. The second kappa shape index (κ2) is 8.51. The predicted octanol–water partition coefficient (Wildman–Crippen LogP) is 7.64. The van der Waals surface area contributed by atoms with Gasteiger partial charge in [-0.3, -0.25) is 14.5 Å². The average molecular weight is 480 g/mol. The second-order valence-electron chi connectivity index (χ2n) is 7.23. The number of benzene rings is 3. The Labute approximate surface area is 198 Å². The van der Waals surface area contributed by atoms with Crippen LogP contribution in [0.3, 0.4) is 0 Å². The molecule has 1 aromatic heterocycles. The van der Waals surface area contributed by atoms with Crippen LogP contribution >= 0.6 is 35.0 Å². The van der Waals surface area contributed by atoms with Crippen molar-refractivity contribution in [2.24, 2.45) is 0 Å². The van der Waals surface area contributed by atoms with Crippen molar-refractivity contribution in [1.29, 1.82) is 0 Å². The van der Waals surface area contributed by atoms with Crippen molar-refractivity contribution in [2.45, 2.75) is 6.54 Å². The molecule has 0 radical (unpaired) electrons. The third-order valence-corrected chi connectivity index (χ3v) is 6.63. The minimum absolute atomic E-state index is 0.215. The highest BCUT2D eigenvalue weighted by molar-refractivity contribution is 8.18. The van der Waals surface area contributed by atoms with E-state index >= 15 is 0 Å². The van der Waals surface area contributed by atoms with E-state index < -0.39 is 0 Å². The zero-order valence-corrected chi connectivity index (χ0v) is 18.9. The van der Waals surface area contributed by atoms with Gasteiger partial charge in [0, 0.05) is 16.7 Å². The van der Waals surface area contributed by atoms with Crippen LogP contribution in [0.4, 0.5) is 4.79 Å². The number of thioether (sulfide) groups is 1. The summed E-state index contributed by atoms with van der Waals surface area (Å²) in [5, 5.41) is 2.78. The van der Waals surface area contributed by atoms with Crippen molar-refractivity contribution in [3.8, 4) is 11.3 Å². The Bertz CT molecular complexity index is 1400. The summed E-state index contributed by atoms with van der Waals surface area (Å²) in [4.78, 5) is 27.1. The molecule has 158 valence electrons. The molecule has 3 aromatic carbocycles. The van der Waals surface area contributed by atoms with Crippen molar-refractivity contribution in [2.75, 3.05) is 0 Å². The van der Waals surface area contributed by atoms with Gasteiger partial charge in [0.2, 0.25) is 0 Å². The van der Waals surface area contributed by atoms with Crippen LogP contribution in [0.15, 0.2) is 82.1 Å². The number of rotatable bonds is 4. The Morgan fingerprint density at radius 2 is 1.75 bits per heavy atom. The maximum Gasteiger partial charge on any atom is 0.293 e. The molecule has 7 heteroatoms. The van der Waals surface area contributed by atoms with E-state index in [1.54, 1.807) is 36.4 Å². The molecular weight excluding hydrogens is 465 g/mol. The summed E-state index contributed by atoms with van der Waals surface area (Å²) in [6.45, 7) is 0.215. The van der Waals surface area contributed by atoms with E-state index in [0.717, 1.165) is 28.1 Å². The van der Waals surface area contributed by atoms with E-state index in [2.05, 4.69) is 0 Å². The molecule has 1 aliphatic heterocycles. The van der Waals surface area contributed by atoms with Crippen molar-refractivity contribution < 1.29 is 14.0 Å². The minimum Gasteiger partial charge on any atom is -0.457 e. The number of imide groups is 1. The molecule has 5 rings (SSSR count). The maximum atomic E-state index is 13.0. The maximum absolute atomic E-state index is 13.0. The number of fused-ring (bicyclic) bond motifs is 1. The van der Waals surface area contributed by atoms with Gasteiger partial charge in [-0.15, -0.1) is 0 Å². The van der Waals surface area contributed by atoms with Gasteiger partial charge < -0.3 is 4.42 Å². The van der Waals surface area contributed by atoms with Gasteiger partial charge in [0.15, 0.2) is 0 Å². The smallest absolute Gasteiger partial charge is 0.293 e. The van der Waals surface area contributed by atoms with Crippen LogP contribution in [-0.2, 0) is 11.3 Å². The van der Waals surface area contributed by atoms with Crippen LogP contribution in [-0.4, -0.2) is 16.0 Å². The molecule has 2 amide bonds. The summed E-state index contributed by atoms with van der Waals surface area (Å²) in [6.07, 6.45) is 1.58. The highest BCUT2D eigenvalue weighted by atomic mass is 35.5. The fourth-order valence-electron chi connectivity index (χ4n) is 3.63. The number of halogens is 2. The standard InChI is InChI=1S/C25H15Cl2NO3S/c26-17-8-10-20(21(27)12-17)22-11-9-18(31-22)13-23-24(29)28(25(30)32-23)14-16-6-3-5-15-4-1-2-7-19(15)16/h1-13H,14H2/b23-13-. The number of carbonyl (C=O) groups is 2. The minimum atomic E-state index is -0.338. The number of carbonyl (C=O) groups excluding carboxylic acids is 2.